The normalized spacial score (nSPS) is 31.7. The fourth-order valence-corrected chi connectivity index (χ4v) is 8.85. The first-order valence-electron chi connectivity index (χ1n) is 14.3. The number of amides is 1. The van der Waals surface area contributed by atoms with E-state index in [4.69, 9.17) is 40.2 Å². The molecule has 2 bridgehead atoms. The lowest BCUT2D eigenvalue weighted by Crippen LogP contribution is -2.53. The van der Waals surface area contributed by atoms with Crippen molar-refractivity contribution in [3.05, 3.63) is 32.8 Å². The van der Waals surface area contributed by atoms with Gasteiger partial charge in [0.15, 0.2) is 5.78 Å². The second-order valence-corrected chi connectivity index (χ2v) is 14.5. The Bertz CT molecular complexity index is 1350. The molecule has 5 aliphatic carbocycles. The number of fused-ring (bicyclic) bond motifs is 4. The van der Waals surface area contributed by atoms with Gasteiger partial charge in [0.1, 0.15) is 11.6 Å². The number of carboxylic acid groups (broad SMARTS) is 1. The molecule has 0 saturated heterocycles. The minimum atomic E-state index is -5.04. The number of carbonyl (C=O) groups excluding carboxylic acids is 2. The van der Waals surface area contributed by atoms with Crippen LogP contribution in [-0.4, -0.2) is 63.9 Å². The lowest BCUT2D eigenvalue weighted by Gasteiger charge is -2.49. The first kappa shape index (κ1) is 32.2. The molecule has 2 N–H and O–H groups in total. The van der Waals surface area contributed by atoms with Crippen LogP contribution in [0.5, 0.6) is 0 Å². The van der Waals surface area contributed by atoms with Crippen LogP contribution in [0, 0.1) is 34.0 Å². The lowest BCUT2D eigenvalue weighted by molar-refractivity contribution is -0.156. The number of rotatable bonds is 9. The first-order valence-corrected chi connectivity index (χ1v) is 15.5. The molecule has 6 rings (SSSR count). The summed E-state index contributed by atoms with van der Waals surface area (Å²) in [5.41, 5.74) is -3.54. The number of ketones is 1. The summed E-state index contributed by atoms with van der Waals surface area (Å²) in [7, 11) is 0. The van der Waals surface area contributed by atoms with Gasteiger partial charge in [-0.05, 0) is 80.8 Å². The molecule has 234 valence electrons. The number of hydrogen-bond donors (Lipinski definition) is 2. The molecule has 0 aromatic heterocycles. The highest BCUT2D eigenvalue weighted by Gasteiger charge is 2.63. The molecule has 0 radical (unpaired) electrons. The third-order valence-electron chi connectivity index (χ3n) is 10.7. The Balaban J connectivity index is 1.48. The summed E-state index contributed by atoms with van der Waals surface area (Å²) in [4.78, 5) is 44.7. The van der Waals surface area contributed by atoms with Crippen LogP contribution in [0.1, 0.15) is 75.6 Å². The lowest BCUT2D eigenvalue weighted by atomic mass is 9.57. The van der Waals surface area contributed by atoms with E-state index >= 15 is 0 Å². The zero-order chi connectivity index (χ0) is 31.7. The van der Waals surface area contributed by atoms with Gasteiger partial charge in [-0.2, -0.15) is 13.2 Å². The molecule has 5 fully saturated rings. The highest BCUT2D eigenvalue weighted by Crippen LogP contribution is 2.67. The van der Waals surface area contributed by atoms with Gasteiger partial charge in [-0.25, -0.2) is 0 Å². The van der Waals surface area contributed by atoms with Crippen LogP contribution >= 0.6 is 34.8 Å². The number of nitrogens with zero attached hydrogens (tertiary/aromatic N) is 2. The van der Waals surface area contributed by atoms with E-state index in [2.05, 4.69) is 18.8 Å². The molecule has 43 heavy (non-hydrogen) atoms. The van der Waals surface area contributed by atoms with Crippen LogP contribution in [0.2, 0.25) is 15.1 Å². The van der Waals surface area contributed by atoms with Crippen molar-refractivity contribution in [2.75, 3.05) is 6.54 Å². The van der Waals surface area contributed by atoms with Crippen LogP contribution in [0.25, 0.3) is 0 Å². The third kappa shape index (κ3) is 5.72. The minimum Gasteiger partial charge on any atom is -0.481 e. The van der Waals surface area contributed by atoms with E-state index in [1.807, 2.05) is 0 Å². The van der Waals surface area contributed by atoms with Crippen LogP contribution in [0.3, 0.4) is 0 Å². The van der Waals surface area contributed by atoms with Gasteiger partial charge in [0, 0.05) is 17.3 Å². The number of aliphatic carboxylic acids is 1. The van der Waals surface area contributed by atoms with Gasteiger partial charge in [0.25, 0.3) is 0 Å². The van der Waals surface area contributed by atoms with Crippen molar-refractivity contribution in [2.24, 2.45) is 33.6 Å². The maximum atomic E-state index is 14.7. The number of carboxylic acids is 1. The molecule has 5 saturated carbocycles. The summed E-state index contributed by atoms with van der Waals surface area (Å²) in [5, 5.41) is 17.8. The summed E-state index contributed by atoms with van der Waals surface area (Å²) in [5.74, 6) is -4.19. The Labute approximate surface area is 262 Å². The van der Waals surface area contributed by atoms with Crippen molar-refractivity contribution < 1.29 is 32.7 Å². The molecular formula is C30H33Cl3F3N3O4. The SMILES string of the molecule is CC1(C)C2CC(N(CC(=O)c3c(Cl)cc(Cl)cc3Cl)C(=O)C(C=N)C(=NC34CCC(C(=O)O)(CC3)CC4)C(F)(F)F)CC21. The number of alkyl halides is 3. The monoisotopic (exact) mass is 661 g/mol. The van der Waals surface area contributed by atoms with Crippen molar-refractivity contribution in [1.29, 1.82) is 5.41 Å². The quantitative estimate of drug-likeness (QED) is 0.210. The van der Waals surface area contributed by atoms with Gasteiger partial charge < -0.3 is 15.4 Å². The van der Waals surface area contributed by atoms with E-state index < -0.39 is 59.0 Å². The van der Waals surface area contributed by atoms with Gasteiger partial charge in [-0.1, -0.05) is 48.7 Å². The largest absolute Gasteiger partial charge is 0.481 e. The van der Waals surface area contributed by atoms with Gasteiger partial charge >= 0.3 is 12.1 Å². The molecule has 13 heteroatoms. The molecule has 3 unspecified atom stereocenters. The highest BCUT2D eigenvalue weighted by molar-refractivity contribution is 6.42. The fourth-order valence-electron chi connectivity index (χ4n) is 7.82. The van der Waals surface area contributed by atoms with Gasteiger partial charge in [0.2, 0.25) is 5.91 Å². The maximum absolute atomic E-state index is 14.7. The number of benzene rings is 1. The molecule has 5 aliphatic rings. The molecule has 3 atom stereocenters. The third-order valence-corrected chi connectivity index (χ3v) is 11.5. The van der Waals surface area contributed by atoms with Crippen molar-refractivity contribution in [1.82, 2.24) is 4.90 Å². The molecule has 7 nitrogen and oxygen atoms in total. The summed E-state index contributed by atoms with van der Waals surface area (Å²) < 4.78 is 44.0. The second-order valence-electron chi connectivity index (χ2n) is 13.2. The summed E-state index contributed by atoms with van der Waals surface area (Å²) >= 11 is 18.5. The van der Waals surface area contributed by atoms with Gasteiger partial charge in [-0.15, -0.1) is 0 Å². The number of nitrogens with one attached hydrogen (secondary N) is 1. The number of carbonyl (C=O) groups is 3. The number of hydrogen-bond acceptors (Lipinski definition) is 5. The molecule has 1 amide bonds. The average molecular weight is 663 g/mol. The predicted octanol–water partition coefficient (Wildman–Crippen LogP) is 7.54. The van der Waals surface area contributed by atoms with Crippen LogP contribution in [-0.2, 0) is 9.59 Å². The first-order chi connectivity index (χ1) is 19.9. The minimum absolute atomic E-state index is 0.0439. The number of halogens is 6. The zero-order valence-corrected chi connectivity index (χ0v) is 26.0. The van der Waals surface area contributed by atoms with Crippen LogP contribution in [0.4, 0.5) is 13.2 Å². The zero-order valence-electron chi connectivity index (χ0n) is 23.7. The smallest absolute Gasteiger partial charge is 0.430 e. The van der Waals surface area contributed by atoms with E-state index in [0.29, 0.717) is 19.1 Å². The Morgan fingerprint density at radius 2 is 1.56 bits per heavy atom. The molecule has 0 spiro atoms. The Morgan fingerprint density at radius 3 is 2.00 bits per heavy atom. The summed E-state index contributed by atoms with van der Waals surface area (Å²) in [6.45, 7) is 3.63. The average Bonchev–Trinajstić information content (AvgIpc) is 3.23. The Hall–Kier alpha value is -2.17. The fraction of sp³-hybridized carbons (Fsp3) is 0.633. The van der Waals surface area contributed by atoms with Gasteiger partial charge in [0.05, 0.1) is 33.1 Å². The molecule has 0 aliphatic heterocycles. The van der Waals surface area contributed by atoms with E-state index in [0.717, 1.165) is 4.90 Å². The molecule has 1 aromatic carbocycles. The Morgan fingerprint density at radius 1 is 1.05 bits per heavy atom. The number of Topliss-reactive ketones (excluding diaryl/α,β-unsaturated/α-hetero) is 1. The van der Waals surface area contributed by atoms with E-state index in [-0.39, 0.29) is 76.4 Å². The van der Waals surface area contributed by atoms with Crippen molar-refractivity contribution in [2.45, 2.75) is 83.0 Å². The van der Waals surface area contributed by atoms with Crippen molar-refractivity contribution in [3.8, 4) is 0 Å². The highest BCUT2D eigenvalue weighted by atomic mass is 35.5. The van der Waals surface area contributed by atoms with E-state index in [1.165, 1.54) is 12.1 Å². The molecule has 1 aromatic rings. The standard InChI is InChI=1S/C30H33Cl3F3N3O4/c1-27(2)18-11-16(12-19(18)27)39(14-22(40)23-20(32)9-15(31)10-21(23)33)25(41)17(13-37)24(30(34,35)36)38-29-6-3-28(4-7-29,5-8-29)26(42)43/h9-10,13,16-19,37H,3-8,11-12,14H2,1-2H3,(H,42,43). The molecular weight excluding hydrogens is 630 g/mol. The predicted molar refractivity (Wildman–Crippen MR) is 158 cm³/mol. The number of aliphatic imine (C=N–C) groups is 1. The second kappa shape index (κ2) is 11.0. The Kier molecular flexibility index (Phi) is 8.26. The maximum Gasteiger partial charge on any atom is 0.430 e. The molecule has 0 heterocycles. The summed E-state index contributed by atoms with van der Waals surface area (Å²) in [6, 6.07) is 2.13. The van der Waals surface area contributed by atoms with Crippen molar-refractivity contribution in [3.63, 3.8) is 0 Å². The topological polar surface area (TPSA) is 111 Å². The van der Waals surface area contributed by atoms with Crippen molar-refractivity contribution >= 4 is 64.4 Å². The van der Waals surface area contributed by atoms with E-state index in [9.17, 15) is 32.7 Å². The van der Waals surface area contributed by atoms with Crippen LogP contribution < -0.4 is 0 Å². The van der Waals surface area contributed by atoms with Crippen LogP contribution in [0.15, 0.2) is 17.1 Å². The summed E-state index contributed by atoms with van der Waals surface area (Å²) in [6.07, 6.45) is -2.52. The van der Waals surface area contributed by atoms with Gasteiger partial charge in [-0.3, -0.25) is 19.4 Å². The van der Waals surface area contributed by atoms with E-state index in [1.54, 1.807) is 0 Å².